The summed E-state index contributed by atoms with van der Waals surface area (Å²) in [7, 11) is -3.07. The molecule has 0 aromatic carbocycles. The zero-order valence-corrected chi connectivity index (χ0v) is 7.64. The van der Waals surface area contributed by atoms with E-state index in [0.29, 0.717) is 19.6 Å². The zero-order chi connectivity index (χ0) is 8.60. The fourth-order valence-corrected chi connectivity index (χ4v) is 2.86. The maximum absolute atomic E-state index is 11.5. The third-order valence-electron chi connectivity index (χ3n) is 2.24. The van der Waals surface area contributed by atoms with Gasteiger partial charge in [0.2, 0.25) is 10.0 Å². The summed E-state index contributed by atoms with van der Waals surface area (Å²) in [5.74, 6) is 0. The molecule has 70 valence electrons. The average molecular weight is 191 g/mol. The molecule has 1 aliphatic heterocycles. The van der Waals surface area contributed by atoms with Crippen molar-refractivity contribution in [2.45, 2.75) is 30.6 Å². The first-order valence-electron chi connectivity index (χ1n) is 4.27. The minimum absolute atomic E-state index is 0.218. The Morgan fingerprint density at radius 3 is 2.50 bits per heavy atom. The highest BCUT2D eigenvalue weighted by atomic mass is 32.2. The van der Waals surface area contributed by atoms with Crippen molar-refractivity contribution in [2.75, 3.05) is 13.2 Å². The van der Waals surface area contributed by atoms with E-state index in [1.165, 1.54) is 0 Å². The van der Waals surface area contributed by atoms with Gasteiger partial charge in [0.15, 0.2) is 0 Å². The van der Waals surface area contributed by atoms with Crippen molar-refractivity contribution in [1.82, 2.24) is 4.72 Å². The smallest absolute Gasteiger partial charge is 0.217 e. The molecule has 1 heterocycles. The van der Waals surface area contributed by atoms with Gasteiger partial charge in [-0.2, -0.15) is 0 Å². The van der Waals surface area contributed by atoms with Crippen molar-refractivity contribution in [1.29, 1.82) is 0 Å². The lowest BCUT2D eigenvalue weighted by Gasteiger charge is -2.09. The molecule has 0 unspecified atom stereocenters. The first-order valence-corrected chi connectivity index (χ1v) is 5.82. The number of hydrogen-bond donors (Lipinski definition) is 1. The summed E-state index contributed by atoms with van der Waals surface area (Å²) in [6.07, 6.45) is 2.63. The molecule has 4 nitrogen and oxygen atoms in total. The van der Waals surface area contributed by atoms with Crippen LogP contribution in [0.25, 0.3) is 0 Å². The van der Waals surface area contributed by atoms with Crippen LogP contribution in [0.2, 0.25) is 0 Å². The Labute approximate surface area is 72.3 Å². The summed E-state index contributed by atoms with van der Waals surface area (Å²) in [5, 5.41) is -0.307. The van der Waals surface area contributed by atoms with Crippen molar-refractivity contribution >= 4 is 10.0 Å². The monoisotopic (exact) mass is 191 g/mol. The van der Waals surface area contributed by atoms with Gasteiger partial charge in [0.1, 0.15) is 5.25 Å². The van der Waals surface area contributed by atoms with E-state index in [-0.39, 0.29) is 11.3 Å². The van der Waals surface area contributed by atoms with E-state index < -0.39 is 10.0 Å². The molecule has 0 spiro atoms. The molecule has 2 fully saturated rings. The normalized spacial score (nSPS) is 30.8. The van der Waals surface area contributed by atoms with Crippen LogP contribution in [0.5, 0.6) is 0 Å². The molecule has 5 heteroatoms. The van der Waals surface area contributed by atoms with E-state index in [1.807, 2.05) is 0 Å². The van der Waals surface area contributed by atoms with Gasteiger partial charge in [-0.3, -0.25) is 0 Å². The largest absolute Gasteiger partial charge is 0.380 e. The molecule has 1 aliphatic carbocycles. The van der Waals surface area contributed by atoms with Crippen molar-refractivity contribution < 1.29 is 13.2 Å². The Hall–Kier alpha value is -0.130. The molecule has 1 saturated carbocycles. The fraction of sp³-hybridized carbons (Fsp3) is 1.00. The SMILES string of the molecule is O=S(=O)(NC1CC1)[C@@H]1CCOC1. The highest BCUT2D eigenvalue weighted by Gasteiger charge is 2.34. The van der Waals surface area contributed by atoms with Crippen LogP contribution in [0.3, 0.4) is 0 Å². The minimum atomic E-state index is -3.07. The third kappa shape index (κ3) is 1.78. The summed E-state index contributed by atoms with van der Waals surface area (Å²) in [6, 6.07) is 0.218. The van der Waals surface area contributed by atoms with Gasteiger partial charge in [-0.05, 0) is 19.3 Å². The van der Waals surface area contributed by atoms with Crippen LogP contribution in [-0.2, 0) is 14.8 Å². The van der Waals surface area contributed by atoms with Gasteiger partial charge < -0.3 is 4.74 Å². The molecular weight excluding hydrogens is 178 g/mol. The van der Waals surface area contributed by atoms with Crippen LogP contribution in [0.4, 0.5) is 0 Å². The standard InChI is InChI=1S/C7H13NO3S/c9-12(10,8-6-1-2-6)7-3-4-11-5-7/h6-8H,1-5H2/t7-/m1/s1. The number of nitrogens with one attached hydrogen (secondary N) is 1. The lowest BCUT2D eigenvalue weighted by molar-refractivity contribution is 0.198. The molecule has 2 rings (SSSR count). The maximum Gasteiger partial charge on any atom is 0.217 e. The Bertz CT molecular complexity index is 252. The fourth-order valence-electron chi connectivity index (χ4n) is 1.29. The second-order valence-corrected chi connectivity index (χ2v) is 5.42. The molecule has 1 N–H and O–H groups in total. The predicted octanol–water partition coefficient (Wildman–Crippen LogP) is -0.143. The molecule has 1 atom stereocenters. The number of rotatable bonds is 3. The third-order valence-corrected chi connectivity index (χ3v) is 4.15. The number of ether oxygens (including phenoxy) is 1. The summed E-state index contributed by atoms with van der Waals surface area (Å²) in [4.78, 5) is 0. The van der Waals surface area contributed by atoms with Gasteiger partial charge in [-0.15, -0.1) is 0 Å². The van der Waals surface area contributed by atoms with E-state index in [0.717, 1.165) is 12.8 Å². The predicted molar refractivity (Wildman–Crippen MR) is 44.3 cm³/mol. The molecule has 0 aromatic rings. The highest BCUT2D eigenvalue weighted by molar-refractivity contribution is 7.90. The maximum atomic E-state index is 11.5. The molecule has 0 aromatic heterocycles. The molecule has 0 radical (unpaired) electrons. The summed E-state index contributed by atoms with van der Waals surface area (Å²) in [5.41, 5.74) is 0. The van der Waals surface area contributed by atoms with Gasteiger partial charge in [-0.1, -0.05) is 0 Å². The Morgan fingerprint density at radius 2 is 2.00 bits per heavy atom. The van der Waals surface area contributed by atoms with E-state index in [9.17, 15) is 8.42 Å². The number of hydrogen-bond acceptors (Lipinski definition) is 3. The van der Waals surface area contributed by atoms with Gasteiger partial charge in [0.25, 0.3) is 0 Å². The van der Waals surface area contributed by atoms with Gasteiger partial charge in [0, 0.05) is 12.6 Å². The summed E-state index contributed by atoms with van der Waals surface area (Å²) >= 11 is 0. The Balaban J connectivity index is 1.97. The topological polar surface area (TPSA) is 55.4 Å². The zero-order valence-electron chi connectivity index (χ0n) is 6.82. The summed E-state index contributed by atoms with van der Waals surface area (Å²) in [6.45, 7) is 0.943. The quantitative estimate of drug-likeness (QED) is 0.675. The lowest BCUT2D eigenvalue weighted by Crippen LogP contribution is -2.35. The van der Waals surface area contributed by atoms with Crippen LogP contribution in [0, 0.1) is 0 Å². The van der Waals surface area contributed by atoms with Gasteiger partial charge in [0.05, 0.1) is 6.61 Å². The van der Waals surface area contributed by atoms with E-state index in [2.05, 4.69) is 4.72 Å². The second kappa shape index (κ2) is 2.97. The van der Waals surface area contributed by atoms with Gasteiger partial charge >= 0.3 is 0 Å². The molecule has 1 saturated heterocycles. The van der Waals surface area contributed by atoms with Crippen molar-refractivity contribution in [3.05, 3.63) is 0 Å². The highest BCUT2D eigenvalue weighted by Crippen LogP contribution is 2.22. The average Bonchev–Trinajstić information content (AvgIpc) is 2.67. The Kier molecular flexibility index (Phi) is 2.10. The molecular formula is C7H13NO3S. The van der Waals surface area contributed by atoms with E-state index in [4.69, 9.17) is 4.74 Å². The van der Waals surface area contributed by atoms with E-state index >= 15 is 0 Å². The second-order valence-electron chi connectivity index (χ2n) is 3.42. The van der Waals surface area contributed by atoms with Crippen LogP contribution in [0.1, 0.15) is 19.3 Å². The van der Waals surface area contributed by atoms with Crippen molar-refractivity contribution in [2.24, 2.45) is 0 Å². The molecule has 2 aliphatic rings. The van der Waals surface area contributed by atoms with Crippen LogP contribution < -0.4 is 4.72 Å². The van der Waals surface area contributed by atoms with Crippen molar-refractivity contribution in [3.63, 3.8) is 0 Å². The number of sulfonamides is 1. The molecule has 0 bridgehead atoms. The van der Waals surface area contributed by atoms with E-state index in [1.54, 1.807) is 0 Å². The first kappa shape index (κ1) is 8.47. The van der Waals surface area contributed by atoms with Gasteiger partial charge in [-0.25, -0.2) is 13.1 Å². The van der Waals surface area contributed by atoms with Crippen LogP contribution >= 0.6 is 0 Å². The molecule has 0 amide bonds. The summed E-state index contributed by atoms with van der Waals surface area (Å²) < 4.78 is 30.7. The minimum Gasteiger partial charge on any atom is -0.380 e. The first-order chi connectivity index (χ1) is 5.68. The van der Waals surface area contributed by atoms with Crippen LogP contribution in [-0.4, -0.2) is 32.9 Å². The van der Waals surface area contributed by atoms with Crippen LogP contribution in [0.15, 0.2) is 0 Å². The van der Waals surface area contributed by atoms with Crippen molar-refractivity contribution in [3.8, 4) is 0 Å². The lowest BCUT2D eigenvalue weighted by atomic mass is 10.4. The molecule has 12 heavy (non-hydrogen) atoms. The Morgan fingerprint density at radius 1 is 1.25 bits per heavy atom.